The molecular formula is C15H23NO2S. The Balaban J connectivity index is 1.47. The molecule has 2 N–H and O–H groups in total. The maximum absolute atomic E-state index is 11.6. The quantitative estimate of drug-likeness (QED) is 0.720. The lowest BCUT2D eigenvalue weighted by Gasteiger charge is -2.36. The number of unbranched alkanes of at least 4 members (excludes halogenated alkanes) is 2. The van der Waals surface area contributed by atoms with Gasteiger partial charge in [-0.1, -0.05) is 12.5 Å². The van der Waals surface area contributed by atoms with E-state index in [1.807, 2.05) is 0 Å². The minimum Gasteiger partial charge on any atom is -0.388 e. The molecule has 0 atom stereocenters. The SMILES string of the molecule is O=C(CCCCCc1cccs1)NCC1(O)CCC1. The van der Waals surface area contributed by atoms with E-state index >= 15 is 0 Å². The summed E-state index contributed by atoms with van der Waals surface area (Å²) in [6.45, 7) is 0.432. The summed E-state index contributed by atoms with van der Waals surface area (Å²) < 4.78 is 0. The van der Waals surface area contributed by atoms with E-state index in [1.54, 1.807) is 11.3 Å². The molecule has 1 amide bonds. The van der Waals surface area contributed by atoms with E-state index in [2.05, 4.69) is 22.8 Å². The molecular weight excluding hydrogens is 258 g/mol. The van der Waals surface area contributed by atoms with Crippen LogP contribution < -0.4 is 5.32 Å². The van der Waals surface area contributed by atoms with Crippen molar-refractivity contribution in [3.63, 3.8) is 0 Å². The monoisotopic (exact) mass is 281 g/mol. The number of rotatable bonds is 8. The van der Waals surface area contributed by atoms with E-state index in [1.165, 1.54) is 4.88 Å². The van der Waals surface area contributed by atoms with Crippen LogP contribution in [0.2, 0.25) is 0 Å². The summed E-state index contributed by atoms with van der Waals surface area (Å²) in [5.74, 6) is 0.0800. The summed E-state index contributed by atoms with van der Waals surface area (Å²) in [6, 6.07) is 4.25. The van der Waals surface area contributed by atoms with E-state index in [4.69, 9.17) is 0 Å². The van der Waals surface area contributed by atoms with Crippen LogP contribution in [0.4, 0.5) is 0 Å². The zero-order valence-corrected chi connectivity index (χ0v) is 12.2. The first-order valence-corrected chi connectivity index (χ1v) is 8.07. The summed E-state index contributed by atoms with van der Waals surface area (Å²) in [7, 11) is 0. The first kappa shape index (κ1) is 14.5. The van der Waals surface area contributed by atoms with E-state index in [0.717, 1.165) is 44.9 Å². The lowest BCUT2D eigenvalue weighted by molar-refractivity contribution is -0.123. The highest BCUT2D eigenvalue weighted by atomic mass is 32.1. The highest BCUT2D eigenvalue weighted by Crippen LogP contribution is 2.30. The molecule has 0 aromatic carbocycles. The van der Waals surface area contributed by atoms with E-state index in [9.17, 15) is 9.90 Å². The predicted octanol–water partition coefficient (Wildman–Crippen LogP) is 2.88. The third kappa shape index (κ3) is 4.96. The van der Waals surface area contributed by atoms with Crippen molar-refractivity contribution >= 4 is 17.2 Å². The van der Waals surface area contributed by atoms with Gasteiger partial charge >= 0.3 is 0 Å². The van der Waals surface area contributed by atoms with Crippen molar-refractivity contribution in [3.8, 4) is 0 Å². The number of hydrogen-bond donors (Lipinski definition) is 2. The van der Waals surface area contributed by atoms with E-state index in [-0.39, 0.29) is 5.91 Å². The van der Waals surface area contributed by atoms with Gasteiger partial charge in [0.25, 0.3) is 0 Å². The third-order valence-corrected chi connectivity index (χ3v) is 4.74. The van der Waals surface area contributed by atoms with Crippen LogP contribution >= 0.6 is 11.3 Å². The Labute approximate surface area is 119 Å². The Hall–Kier alpha value is -0.870. The molecule has 0 saturated heterocycles. The van der Waals surface area contributed by atoms with Crippen LogP contribution in [0.3, 0.4) is 0 Å². The maximum Gasteiger partial charge on any atom is 0.220 e. The molecule has 19 heavy (non-hydrogen) atoms. The molecule has 1 aromatic rings. The van der Waals surface area contributed by atoms with Gasteiger partial charge in [0.15, 0.2) is 0 Å². The highest BCUT2D eigenvalue weighted by molar-refractivity contribution is 7.09. The van der Waals surface area contributed by atoms with E-state index < -0.39 is 5.60 Å². The molecule has 1 saturated carbocycles. The Morgan fingerprint density at radius 3 is 2.84 bits per heavy atom. The molecule has 0 radical (unpaired) electrons. The van der Waals surface area contributed by atoms with Gasteiger partial charge in [-0.25, -0.2) is 0 Å². The second-order valence-electron chi connectivity index (χ2n) is 5.49. The molecule has 106 valence electrons. The largest absolute Gasteiger partial charge is 0.388 e. The normalized spacial score (nSPS) is 16.9. The van der Waals surface area contributed by atoms with Gasteiger partial charge in [0.05, 0.1) is 5.60 Å². The molecule has 1 fully saturated rings. The molecule has 0 spiro atoms. The number of carbonyl (C=O) groups excluding carboxylic acids is 1. The molecule has 1 aromatic heterocycles. The second-order valence-corrected chi connectivity index (χ2v) is 6.53. The van der Waals surface area contributed by atoms with Crippen molar-refractivity contribution in [2.24, 2.45) is 0 Å². The number of hydrogen-bond acceptors (Lipinski definition) is 3. The van der Waals surface area contributed by atoms with Gasteiger partial charge in [0.2, 0.25) is 5.91 Å². The smallest absolute Gasteiger partial charge is 0.220 e. The predicted molar refractivity (Wildman–Crippen MR) is 78.3 cm³/mol. The fourth-order valence-electron chi connectivity index (χ4n) is 2.33. The summed E-state index contributed by atoms with van der Waals surface area (Å²) in [4.78, 5) is 13.0. The number of aryl methyl sites for hydroxylation is 1. The van der Waals surface area contributed by atoms with Gasteiger partial charge in [-0.15, -0.1) is 11.3 Å². The lowest BCUT2D eigenvalue weighted by atomic mass is 9.80. The van der Waals surface area contributed by atoms with Crippen molar-refractivity contribution in [1.29, 1.82) is 0 Å². The van der Waals surface area contributed by atoms with Crippen molar-refractivity contribution in [2.45, 2.75) is 57.0 Å². The molecule has 0 aliphatic heterocycles. The first-order chi connectivity index (χ1) is 9.18. The number of aliphatic hydroxyl groups is 1. The highest BCUT2D eigenvalue weighted by Gasteiger charge is 2.34. The lowest BCUT2D eigenvalue weighted by Crippen LogP contribution is -2.47. The van der Waals surface area contributed by atoms with Crippen LogP contribution in [0.25, 0.3) is 0 Å². The maximum atomic E-state index is 11.6. The fourth-order valence-corrected chi connectivity index (χ4v) is 3.08. The van der Waals surface area contributed by atoms with Gasteiger partial charge in [-0.05, 0) is 50.0 Å². The molecule has 2 rings (SSSR count). The van der Waals surface area contributed by atoms with Crippen LogP contribution in [-0.4, -0.2) is 23.2 Å². The molecule has 4 heteroatoms. The van der Waals surface area contributed by atoms with E-state index in [0.29, 0.717) is 13.0 Å². The molecule has 3 nitrogen and oxygen atoms in total. The number of carbonyl (C=O) groups is 1. The van der Waals surface area contributed by atoms with Gasteiger partial charge in [-0.3, -0.25) is 4.79 Å². The number of amides is 1. The summed E-state index contributed by atoms with van der Waals surface area (Å²) >= 11 is 1.80. The second kappa shape index (κ2) is 7.06. The van der Waals surface area contributed by atoms with Gasteiger partial charge < -0.3 is 10.4 Å². The Morgan fingerprint density at radius 1 is 1.37 bits per heavy atom. The van der Waals surface area contributed by atoms with Gasteiger partial charge in [0, 0.05) is 17.8 Å². The molecule has 1 aliphatic rings. The fraction of sp³-hybridized carbons (Fsp3) is 0.667. The molecule has 1 heterocycles. The van der Waals surface area contributed by atoms with Crippen LogP contribution in [-0.2, 0) is 11.2 Å². The topological polar surface area (TPSA) is 49.3 Å². The standard InChI is InChI=1S/C15H23NO2S/c17-14(16-12-15(18)9-5-10-15)8-3-1-2-6-13-7-4-11-19-13/h4,7,11,18H,1-3,5-6,8-10,12H2,(H,16,17). The molecule has 1 aliphatic carbocycles. The Morgan fingerprint density at radius 2 is 2.21 bits per heavy atom. The van der Waals surface area contributed by atoms with Gasteiger partial charge in [0.1, 0.15) is 0 Å². The minimum atomic E-state index is -0.602. The van der Waals surface area contributed by atoms with Crippen LogP contribution in [0.5, 0.6) is 0 Å². The van der Waals surface area contributed by atoms with Crippen molar-refractivity contribution in [1.82, 2.24) is 5.32 Å². The molecule has 0 unspecified atom stereocenters. The Bertz CT molecular complexity index is 385. The zero-order valence-electron chi connectivity index (χ0n) is 11.4. The van der Waals surface area contributed by atoms with Crippen molar-refractivity contribution < 1.29 is 9.90 Å². The first-order valence-electron chi connectivity index (χ1n) is 7.19. The Kier molecular flexibility index (Phi) is 5.40. The summed E-state index contributed by atoms with van der Waals surface area (Å²) in [5.41, 5.74) is -0.602. The summed E-state index contributed by atoms with van der Waals surface area (Å²) in [6.07, 6.45) is 7.62. The minimum absolute atomic E-state index is 0.0800. The zero-order chi connectivity index (χ0) is 13.6. The average molecular weight is 281 g/mol. The van der Waals surface area contributed by atoms with Crippen molar-refractivity contribution in [3.05, 3.63) is 22.4 Å². The van der Waals surface area contributed by atoms with Crippen LogP contribution in [0.1, 0.15) is 49.8 Å². The van der Waals surface area contributed by atoms with Crippen molar-refractivity contribution in [2.75, 3.05) is 6.54 Å². The summed E-state index contributed by atoms with van der Waals surface area (Å²) in [5, 5.41) is 14.8. The van der Waals surface area contributed by atoms with Gasteiger partial charge in [-0.2, -0.15) is 0 Å². The average Bonchev–Trinajstić information content (AvgIpc) is 2.87. The molecule has 0 bridgehead atoms. The third-order valence-electron chi connectivity index (χ3n) is 3.81. The van der Waals surface area contributed by atoms with Crippen LogP contribution in [0.15, 0.2) is 17.5 Å². The van der Waals surface area contributed by atoms with Crippen LogP contribution in [0, 0.1) is 0 Å². The number of nitrogens with one attached hydrogen (secondary N) is 1. The number of thiophene rings is 1.